The Kier molecular flexibility index (Phi) is 4.23. The number of halogens is 4. The van der Waals surface area contributed by atoms with Crippen molar-refractivity contribution in [3.05, 3.63) is 34.9 Å². The molecule has 1 N–H and O–H groups in total. The fraction of sp³-hybridized carbons (Fsp3) is 0.429. The third kappa shape index (κ3) is 2.83. The Morgan fingerprint density at radius 1 is 1.36 bits per heavy atom. The summed E-state index contributed by atoms with van der Waals surface area (Å²) in [4.78, 5) is 12.3. The summed E-state index contributed by atoms with van der Waals surface area (Å²) in [7, 11) is 0. The minimum absolute atomic E-state index is 0.0409. The molecule has 0 unspecified atom stereocenters. The monoisotopic (exact) mass is 334 g/mol. The maximum atomic E-state index is 13.2. The molecule has 0 saturated heterocycles. The van der Waals surface area contributed by atoms with Gasteiger partial charge in [-0.2, -0.15) is 23.3 Å². The molecule has 1 aromatic rings. The number of alkyl halides is 3. The molecule has 0 aromatic heterocycles. The van der Waals surface area contributed by atoms with Gasteiger partial charge in [0.15, 0.2) is 0 Å². The summed E-state index contributed by atoms with van der Waals surface area (Å²) in [5, 5.41) is 14.2. The highest BCUT2D eigenvalue weighted by atomic mass is 35.5. The summed E-state index contributed by atoms with van der Waals surface area (Å²) in [6.45, 7) is 3.29. The van der Waals surface area contributed by atoms with Gasteiger partial charge in [0.1, 0.15) is 0 Å². The van der Waals surface area contributed by atoms with E-state index < -0.39 is 24.2 Å². The molecular formula is C14H14ClF3N2O2. The zero-order chi connectivity index (χ0) is 16.7. The predicted octanol–water partition coefficient (Wildman–Crippen LogP) is 3.45. The average molecular weight is 335 g/mol. The van der Waals surface area contributed by atoms with Crippen LogP contribution in [0, 0.1) is 5.92 Å². The molecule has 0 spiro atoms. The van der Waals surface area contributed by atoms with Crippen LogP contribution in [0.4, 0.5) is 13.2 Å². The van der Waals surface area contributed by atoms with E-state index in [0.717, 1.165) is 0 Å². The predicted molar refractivity (Wildman–Crippen MR) is 75.5 cm³/mol. The zero-order valence-electron chi connectivity index (χ0n) is 11.9. The molecule has 0 bridgehead atoms. The van der Waals surface area contributed by atoms with Gasteiger partial charge in [0.25, 0.3) is 11.6 Å². The SMILES string of the molecule is CC(C)C1=NN(C(=O)c2ccc(Cl)cc2)[C@](O)(C(F)(F)F)C1. The van der Waals surface area contributed by atoms with Crippen molar-refractivity contribution >= 4 is 23.2 Å². The van der Waals surface area contributed by atoms with Crippen molar-refractivity contribution in [1.82, 2.24) is 5.01 Å². The van der Waals surface area contributed by atoms with Gasteiger partial charge in [0.2, 0.25) is 0 Å². The molecule has 1 heterocycles. The molecule has 120 valence electrons. The first-order valence-corrected chi connectivity index (χ1v) is 6.90. The van der Waals surface area contributed by atoms with Gasteiger partial charge in [-0.15, -0.1) is 0 Å². The van der Waals surface area contributed by atoms with E-state index in [0.29, 0.717) is 5.02 Å². The molecule has 0 aliphatic carbocycles. The minimum atomic E-state index is -5.02. The highest BCUT2D eigenvalue weighted by molar-refractivity contribution is 6.30. The van der Waals surface area contributed by atoms with Crippen molar-refractivity contribution in [3.8, 4) is 0 Å². The molecular weight excluding hydrogens is 321 g/mol. The van der Waals surface area contributed by atoms with Gasteiger partial charge in [0.05, 0.1) is 0 Å². The molecule has 1 aliphatic heterocycles. The van der Waals surface area contributed by atoms with Crippen LogP contribution in [-0.2, 0) is 0 Å². The van der Waals surface area contributed by atoms with Crippen LogP contribution in [0.5, 0.6) is 0 Å². The summed E-state index contributed by atoms with van der Waals surface area (Å²) in [5.41, 5.74) is -3.26. The molecule has 0 saturated carbocycles. The van der Waals surface area contributed by atoms with Gasteiger partial charge in [-0.25, -0.2) is 0 Å². The third-order valence-corrected chi connectivity index (χ3v) is 3.66. The molecule has 0 fully saturated rings. The van der Waals surface area contributed by atoms with Crippen LogP contribution in [0.3, 0.4) is 0 Å². The van der Waals surface area contributed by atoms with Crippen molar-refractivity contribution < 1.29 is 23.1 Å². The number of nitrogens with zero attached hydrogens (tertiary/aromatic N) is 2. The molecule has 1 atom stereocenters. The topological polar surface area (TPSA) is 52.9 Å². The number of hydrazone groups is 1. The summed E-state index contributed by atoms with van der Waals surface area (Å²) in [6, 6.07) is 5.32. The van der Waals surface area contributed by atoms with Crippen molar-refractivity contribution in [2.24, 2.45) is 11.0 Å². The van der Waals surface area contributed by atoms with E-state index in [4.69, 9.17) is 11.6 Å². The lowest BCUT2D eigenvalue weighted by Crippen LogP contribution is -2.56. The molecule has 1 amide bonds. The normalized spacial score (nSPS) is 22.2. The summed E-state index contributed by atoms with van der Waals surface area (Å²) < 4.78 is 39.7. The van der Waals surface area contributed by atoms with Crippen LogP contribution in [-0.4, -0.2) is 33.6 Å². The lowest BCUT2D eigenvalue weighted by atomic mass is 9.99. The van der Waals surface area contributed by atoms with E-state index in [1.54, 1.807) is 13.8 Å². The Bertz CT molecular complexity index is 614. The number of amides is 1. The second-order valence-electron chi connectivity index (χ2n) is 5.36. The average Bonchev–Trinajstić information content (AvgIpc) is 2.78. The van der Waals surface area contributed by atoms with E-state index in [1.807, 2.05) is 0 Å². The number of aliphatic hydroxyl groups is 1. The van der Waals surface area contributed by atoms with Gasteiger partial charge < -0.3 is 5.11 Å². The first kappa shape index (κ1) is 16.8. The van der Waals surface area contributed by atoms with Crippen molar-refractivity contribution in [3.63, 3.8) is 0 Å². The Labute approximate surface area is 130 Å². The van der Waals surface area contributed by atoms with E-state index in [-0.39, 0.29) is 22.2 Å². The first-order chi connectivity index (χ1) is 10.1. The second-order valence-corrected chi connectivity index (χ2v) is 5.80. The van der Waals surface area contributed by atoms with Crippen molar-refractivity contribution in [2.45, 2.75) is 32.2 Å². The number of benzene rings is 1. The Balaban J connectivity index is 2.43. The van der Waals surface area contributed by atoms with Crippen LogP contribution in [0.15, 0.2) is 29.4 Å². The van der Waals surface area contributed by atoms with Gasteiger partial charge in [-0.05, 0) is 30.2 Å². The second kappa shape index (κ2) is 5.55. The standard InChI is InChI=1S/C14H14ClF3N2O2/c1-8(2)11-7-13(22,14(16,17)18)20(19-11)12(21)9-3-5-10(15)6-4-9/h3-6,8,22H,7H2,1-2H3/t13-/m1/s1. The van der Waals surface area contributed by atoms with E-state index >= 15 is 0 Å². The fourth-order valence-corrected chi connectivity index (χ4v) is 2.17. The van der Waals surface area contributed by atoms with Gasteiger partial charge in [-0.1, -0.05) is 25.4 Å². The molecule has 22 heavy (non-hydrogen) atoms. The number of rotatable bonds is 2. The van der Waals surface area contributed by atoms with Crippen molar-refractivity contribution in [2.75, 3.05) is 0 Å². The third-order valence-electron chi connectivity index (χ3n) is 3.41. The lowest BCUT2D eigenvalue weighted by Gasteiger charge is -2.32. The number of carbonyl (C=O) groups excluding carboxylic acids is 1. The van der Waals surface area contributed by atoms with Crippen LogP contribution in [0.25, 0.3) is 0 Å². The van der Waals surface area contributed by atoms with Gasteiger partial charge >= 0.3 is 6.18 Å². The number of carbonyl (C=O) groups is 1. The maximum absolute atomic E-state index is 13.2. The van der Waals surface area contributed by atoms with Gasteiger partial charge in [-0.3, -0.25) is 4.79 Å². The summed E-state index contributed by atoms with van der Waals surface area (Å²) in [6.07, 6.45) is -5.78. The van der Waals surface area contributed by atoms with Crippen LogP contribution < -0.4 is 0 Å². The molecule has 8 heteroatoms. The van der Waals surface area contributed by atoms with E-state index in [9.17, 15) is 23.1 Å². The van der Waals surface area contributed by atoms with Crippen LogP contribution >= 0.6 is 11.6 Å². The number of hydrogen-bond donors (Lipinski definition) is 1. The van der Waals surface area contributed by atoms with Gasteiger partial charge in [0, 0.05) is 22.7 Å². The van der Waals surface area contributed by atoms with Crippen LogP contribution in [0.2, 0.25) is 5.02 Å². The molecule has 2 rings (SSSR count). The Morgan fingerprint density at radius 3 is 2.36 bits per heavy atom. The minimum Gasteiger partial charge on any atom is -0.362 e. The Morgan fingerprint density at radius 2 is 1.91 bits per heavy atom. The van der Waals surface area contributed by atoms with E-state index in [2.05, 4.69) is 5.10 Å². The molecule has 1 aliphatic rings. The van der Waals surface area contributed by atoms with Crippen LogP contribution in [0.1, 0.15) is 30.6 Å². The van der Waals surface area contributed by atoms with Crippen molar-refractivity contribution in [1.29, 1.82) is 0 Å². The first-order valence-electron chi connectivity index (χ1n) is 6.53. The maximum Gasteiger partial charge on any atom is 0.438 e. The highest BCUT2D eigenvalue weighted by Gasteiger charge is 2.63. The summed E-state index contributed by atoms with van der Waals surface area (Å²) >= 11 is 5.69. The summed E-state index contributed by atoms with van der Waals surface area (Å²) in [5.74, 6) is -1.36. The highest BCUT2D eigenvalue weighted by Crippen LogP contribution is 2.42. The molecule has 4 nitrogen and oxygen atoms in total. The fourth-order valence-electron chi connectivity index (χ4n) is 2.04. The van der Waals surface area contributed by atoms with E-state index in [1.165, 1.54) is 24.3 Å². The lowest BCUT2D eigenvalue weighted by molar-refractivity contribution is -0.297. The molecule has 1 aromatic carbocycles. The zero-order valence-corrected chi connectivity index (χ0v) is 12.6. The largest absolute Gasteiger partial charge is 0.438 e. The number of hydrogen-bond acceptors (Lipinski definition) is 3. The molecule has 0 radical (unpaired) electrons. The Hall–Kier alpha value is -1.60. The quantitative estimate of drug-likeness (QED) is 0.900. The smallest absolute Gasteiger partial charge is 0.362 e.